The molecule has 5 nitrogen and oxygen atoms in total. The van der Waals surface area contributed by atoms with E-state index in [0.717, 1.165) is 36.6 Å². The van der Waals surface area contributed by atoms with Gasteiger partial charge in [0.05, 0.1) is 23.4 Å². The Kier molecular flexibility index (Phi) is 5.55. The summed E-state index contributed by atoms with van der Waals surface area (Å²) in [6.07, 6.45) is 0.385. The van der Waals surface area contributed by atoms with Gasteiger partial charge in [0.15, 0.2) is 0 Å². The van der Waals surface area contributed by atoms with Gasteiger partial charge in [-0.05, 0) is 38.4 Å². The summed E-state index contributed by atoms with van der Waals surface area (Å²) in [5.41, 5.74) is 2.26. The van der Waals surface area contributed by atoms with Gasteiger partial charge in [0.2, 0.25) is 0 Å². The molecular formula is C13H19ClN4O. The standard InChI is InChI=1S/C13H18N4O.ClH/c1-8-5-13(16-9(2)10(8)6-14)17-11-7-15-4-3-12(11)18;/h5,11-12,15,18H,3-4,7H2,1-2H3,(H,16,17);1H/t11-,12+;/m0./s1. The Bertz CT molecular complexity index is 463. The van der Waals surface area contributed by atoms with Crippen LogP contribution in [-0.2, 0) is 0 Å². The Morgan fingerprint density at radius 1 is 1.53 bits per heavy atom. The number of rotatable bonds is 2. The molecule has 6 heteroatoms. The molecule has 1 aromatic heterocycles. The number of nitrogens with zero attached hydrogens (tertiary/aromatic N) is 2. The van der Waals surface area contributed by atoms with Gasteiger partial charge in [0.25, 0.3) is 0 Å². The van der Waals surface area contributed by atoms with Crippen LogP contribution in [0.4, 0.5) is 5.82 Å². The van der Waals surface area contributed by atoms with Gasteiger partial charge >= 0.3 is 0 Å². The number of aliphatic hydroxyl groups is 1. The second-order valence-corrected chi connectivity index (χ2v) is 4.71. The summed E-state index contributed by atoms with van der Waals surface area (Å²) in [6, 6.07) is 3.98. The quantitative estimate of drug-likeness (QED) is 0.758. The average molecular weight is 283 g/mol. The minimum atomic E-state index is -0.357. The van der Waals surface area contributed by atoms with E-state index in [1.165, 1.54) is 0 Å². The Morgan fingerprint density at radius 3 is 2.84 bits per heavy atom. The monoisotopic (exact) mass is 282 g/mol. The van der Waals surface area contributed by atoms with Crippen LogP contribution in [0.1, 0.15) is 23.2 Å². The topological polar surface area (TPSA) is 81.0 Å². The molecule has 0 saturated carbocycles. The molecule has 1 aromatic rings. The number of piperidine rings is 1. The minimum absolute atomic E-state index is 0. The highest BCUT2D eigenvalue weighted by Gasteiger charge is 2.23. The van der Waals surface area contributed by atoms with Crippen LogP contribution in [0.2, 0.25) is 0 Å². The van der Waals surface area contributed by atoms with Crippen LogP contribution in [0, 0.1) is 25.2 Å². The molecule has 0 aromatic carbocycles. The second kappa shape index (κ2) is 6.71. The van der Waals surface area contributed by atoms with Gasteiger partial charge < -0.3 is 15.7 Å². The Hall–Kier alpha value is -1.35. The Morgan fingerprint density at radius 2 is 2.26 bits per heavy atom. The summed E-state index contributed by atoms with van der Waals surface area (Å²) in [4.78, 5) is 4.36. The predicted molar refractivity (Wildman–Crippen MR) is 76.6 cm³/mol. The lowest BCUT2D eigenvalue weighted by Gasteiger charge is -2.29. The smallest absolute Gasteiger partial charge is 0.126 e. The number of aryl methyl sites for hydroxylation is 2. The largest absolute Gasteiger partial charge is 0.391 e. The number of aromatic nitrogens is 1. The van der Waals surface area contributed by atoms with Crippen molar-refractivity contribution in [1.82, 2.24) is 10.3 Å². The zero-order valence-electron chi connectivity index (χ0n) is 11.1. The lowest BCUT2D eigenvalue weighted by molar-refractivity contribution is 0.124. The molecule has 1 aliphatic rings. The molecule has 3 N–H and O–H groups in total. The summed E-state index contributed by atoms with van der Waals surface area (Å²) in [6.45, 7) is 5.29. The Balaban J connectivity index is 0.00000180. The second-order valence-electron chi connectivity index (χ2n) is 4.71. The predicted octanol–water partition coefficient (Wildman–Crippen LogP) is 1.13. The molecule has 2 atom stereocenters. The lowest BCUT2D eigenvalue weighted by Crippen LogP contribution is -2.48. The van der Waals surface area contributed by atoms with Crippen molar-refractivity contribution in [2.75, 3.05) is 18.4 Å². The molecule has 0 amide bonds. The van der Waals surface area contributed by atoms with E-state index in [0.29, 0.717) is 5.56 Å². The fourth-order valence-corrected chi connectivity index (χ4v) is 2.26. The van der Waals surface area contributed by atoms with Crippen molar-refractivity contribution in [3.63, 3.8) is 0 Å². The Labute approximate surface area is 119 Å². The first-order chi connectivity index (χ1) is 8.61. The summed E-state index contributed by atoms with van der Waals surface area (Å²) < 4.78 is 0. The van der Waals surface area contributed by atoms with E-state index < -0.39 is 0 Å². The van der Waals surface area contributed by atoms with Gasteiger partial charge in [-0.15, -0.1) is 12.4 Å². The molecule has 0 spiro atoms. The maximum Gasteiger partial charge on any atom is 0.126 e. The fraction of sp³-hybridized carbons (Fsp3) is 0.538. The molecule has 0 unspecified atom stereocenters. The van der Waals surface area contributed by atoms with E-state index in [9.17, 15) is 5.11 Å². The van der Waals surface area contributed by atoms with E-state index in [1.54, 1.807) is 0 Å². The third-order valence-corrected chi connectivity index (χ3v) is 3.29. The van der Waals surface area contributed by atoms with Crippen LogP contribution in [0.3, 0.4) is 0 Å². The molecule has 19 heavy (non-hydrogen) atoms. The van der Waals surface area contributed by atoms with E-state index >= 15 is 0 Å². The number of nitriles is 1. The van der Waals surface area contributed by atoms with Gasteiger partial charge in [0, 0.05) is 6.54 Å². The molecule has 1 fully saturated rings. The van der Waals surface area contributed by atoms with Crippen molar-refractivity contribution in [1.29, 1.82) is 5.26 Å². The number of nitrogens with one attached hydrogen (secondary N) is 2. The number of hydrogen-bond acceptors (Lipinski definition) is 5. The van der Waals surface area contributed by atoms with Crippen LogP contribution in [0.5, 0.6) is 0 Å². The van der Waals surface area contributed by atoms with Crippen molar-refractivity contribution in [2.24, 2.45) is 0 Å². The highest BCUT2D eigenvalue weighted by molar-refractivity contribution is 5.85. The normalized spacial score (nSPS) is 22.2. The maximum atomic E-state index is 9.89. The molecule has 104 valence electrons. The summed E-state index contributed by atoms with van der Waals surface area (Å²) in [7, 11) is 0. The highest BCUT2D eigenvalue weighted by Crippen LogP contribution is 2.17. The number of aliphatic hydroxyl groups excluding tert-OH is 1. The van der Waals surface area contributed by atoms with Gasteiger partial charge in [-0.2, -0.15) is 5.26 Å². The van der Waals surface area contributed by atoms with Crippen molar-refractivity contribution < 1.29 is 5.11 Å². The molecule has 1 aliphatic heterocycles. The first-order valence-electron chi connectivity index (χ1n) is 6.15. The SMILES string of the molecule is Cc1cc(N[C@H]2CNCC[C@H]2O)nc(C)c1C#N.Cl. The molecular weight excluding hydrogens is 264 g/mol. The number of hydrogen-bond donors (Lipinski definition) is 3. The number of pyridine rings is 1. The first kappa shape index (κ1) is 15.7. The molecule has 2 rings (SSSR count). The van der Waals surface area contributed by atoms with Gasteiger partial charge in [-0.1, -0.05) is 0 Å². The summed E-state index contributed by atoms with van der Waals surface area (Å²) >= 11 is 0. The van der Waals surface area contributed by atoms with Gasteiger partial charge in [-0.3, -0.25) is 0 Å². The van der Waals surface area contributed by atoms with Gasteiger partial charge in [0.1, 0.15) is 11.9 Å². The lowest BCUT2D eigenvalue weighted by atomic mass is 10.0. The van der Waals surface area contributed by atoms with Crippen molar-refractivity contribution in [2.45, 2.75) is 32.4 Å². The third-order valence-electron chi connectivity index (χ3n) is 3.29. The molecule has 1 saturated heterocycles. The zero-order valence-corrected chi connectivity index (χ0v) is 11.9. The molecule has 0 bridgehead atoms. The third kappa shape index (κ3) is 3.57. The molecule has 0 radical (unpaired) electrons. The van der Waals surface area contributed by atoms with E-state index in [1.807, 2.05) is 19.9 Å². The first-order valence-corrected chi connectivity index (χ1v) is 6.15. The van der Waals surface area contributed by atoms with Crippen molar-refractivity contribution >= 4 is 18.2 Å². The number of anilines is 1. The highest BCUT2D eigenvalue weighted by atomic mass is 35.5. The van der Waals surface area contributed by atoms with Crippen LogP contribution in [0.15, 0.2) is 6.07 Å². The summed E-state index contributed by atoms with van der Waals surface area (Å²) in [5.74, 6) is 0.719. The number of halogens is 1. The van der Waals surface area contributed by atoms with Crippen LogP contribution in [0.25, 0.3) is 0 Å². The zero-order chi connectivity index (χ0) is 13.1. The molecule has 2 heterocycles. The van der Waals surface area contributed by atoms with E-state index in [-0.39, 0.29) is 24.6 Å². The maximum absolute atomic E-state index is 9.89. The van der Waals surface area contributed by atoms with Crippen LogP contribution < -0.4 is 10.6 Å². The summed E-state index contributed by atoms with van der Waals surface area (Å²) in [5, 5.41) is 25.3. The van der Waals surface area contributed by atoms with Crippen LogP contribution in [-0.4, -0.2) is 35.3 Å². The van der Waals surface area contributed by atoms with E-state index in [2.05, 4.69) is 21.7 Å². The van der Waals surface area contributed by atoms with Gasteiger partial charge in [-0.25, -0.2) is 4.98 Å². The fourth-order valence-electron chi connectivity index (χ4n) is 2.26. The molecule has 0 aliphatic carbocycles. The minimum Gasteiger partial charge on any atom is -0.391 e. The van der Waals surface area contributed by atoms with E-state index in [4.69, 9.17) is 5.26 Å². The van der Waals surface area contributed by atoms with Crippen molar-refractivity contribution in [3.05, 3.63) is 22.9 Å². The van der Waals surface area contributed by atoms with Crippen LogP contribution >= 0.6 is 12.4 Å². The average Bonchev–Trinajstić information content (AvgIpc) is 2.32. The van der Waals surface area contributed by atoms with Crippen molar-refractivity contribution in [3.8, 4) is 6.07 Å².